The summed E-state index contributed by atoms with van der Waals surface area (Å²) in [6.07, 6.45) is 5.99. The molecule has 0 fully saturated rings. The van der Waals surface area contributed by atoms with Gasteiger partial charge in [0, 0.05) is 18.4 Å². The summed E-state index contributed by atoms with van der Waals surface area (Å²) in [5.41, 5.74) is 3.33. The van der Waals surface area contributed by atoms with E-state index < -0.39 is 0 Å². The molecule has 0 atom stereocenters. The molecule has 0 saturated heterocycles. The second-order valence-corrected chi connectivity index (χ2v) is 3.10. The largest absolute Gasteiger partial charge is 0.349 e. The molecule has 0 unspecified atom stereocenters. The van der Waals surface area contributed by atoms with Gasteiger partial charge in [-0.2, -0.15) is 0 Å². The van der Waals surface area contributed by atoms with Gasteiger partial charge in [-0.15, -0.1) is 0 Å². The van der Waals surface area contributed by atoms with Crippen molar-refractivity contribution in [1.82, 2.24) is 4.90 Å². The van der Waals surface area contributed by atoms with E-state index in [1.807, 2.05) is 38.8 Å². The van der Waals surface area contributed by atoms with E-state index in [1.54, 1.807) is 0 Å². The molecule has 0 aliphatic heterocycles. The fourth-order valence-corrected chi connectivity index (χ4v) is 0.886. The molecule has 1 nitrogen and oxygen atoms in total. The topological polar surface area (TPSA) is 3.24 Å². The van der Waals surface area contributed by atoms with Gasteiger partial charge in [-0.1, -0.05) is 25.3 Å². The van der Waals surface area contributed by atoms with Crippen molar-refractivity contribution in [2.75, 3.05) is 7.05 Å². The molecule has 0 aromatic heterocycles. The quantitative estimate of drug-likeness (QED) is 0.594. The number of likely N-dealkylation sites (N-methyl/N-ethyl adjacent to an activating group) is 1. The Hall–Kier alpha value is -1.24. The molecule has 0 aliphatic carbocycles. The van der Waals surface area contributed by atoms with Crippen LogP contribution >= 0.6 is 0 Å². The van der Waals surface area contributed by atoms with Crippen molar-refractivity contribution in [2.24, 2.45) is 0 Å². The summed E-state index contributed by atoms with van der Waals surface area (Å²) in [4.78, 5) is 2.05. The normalized spacial score (nSPS) is 12.6. The van der Waals surface area contributed by atoms with Crippen molar-refractivity contribution < 1.29 is 0 Å². The van der Waals surface area contributed by atoms with Gasteiger partial charge in [-0.25, -0.2) is 0 Å². The molecular weight excluding hydrogens is 158 g/mol. The van der Waals surface area contributed by atoms with Gasteiger partial charge in [0.05, 0.1) is 0 Å². The van der Waals surface area contributed by atoms with Crippen molar-refractivity contribution in [3.8, 4) is 0 Å². The molecule has 0 radical (unpaired) electrons. The van der Waals surface area contributed by atoms with Gasteiger partial charge in [-0.05, 0) is 32.4 Å². The number of nitrogens with zero attached hydrogens (tertiary/aromatic N) is 1. The van der Waals surface area contributed by atoms with Crippen LogP contribution in [0.4, 0.5) is 0 Å². The van der Waals surface area contributed by atoms with Gasteiger partial charge in [-0.3, -0.25) is 0 Å². The van der Waals surface area contributed by atoms with Crippen LogP contribution < -0.4 is 0 Å². The summed E-state index contributed by atoms with van der Waals surface area (Å²) in [5.74, 6) is 0. The lowest BCUT2D eigenvalue weighted by Crippen LogP contribution is -2.13. The van der Waals surface area contributed by atoms with Crippen LogP contribution in [0.3, 0.4) is 0 Å². The second kappa shape index (κ2) is 5.41. The summed E-state index contributed by atoms with van der Waals surface area (Å²) >= 11 is 0. The van der Waals surface area contributed by atoms with Crippen LogP contribution in [0.15, 0.2) is 48.4 Å². The Kier molecular flexibility index (Phi) is 4.90. The second-order valence-electron chi connectivity index (χ2n) is 3.10. The molecule has 0 N–H and O–H groups in total. The smallest absolute Gasteiger partial charge is 0.0364 e. The van der Waals surface area contributed by atoms with E-state index in [1.165, 1.54) is 0 Å². The Morgan fingerprint density at radius 2 is 1.85 bits per heavy atom. The highest BCUT2D eigenvalue weighted by atomic mass is 15.1. The number of allylic oxidation sites excluding steroid dienone is 5. The monoisotopic (exact) mass is 177 g/mol. The van der Waals surface area contributed by atoms with Gasteiger partial charge in [0.2, 0.25) is 0 Å². The van der Waals surface area contributed by atoms with E-state index in [0.717, 1.165) is 17.0 Å². The minimum absolute atomic E-state index is 1.03. The van der Waals surface area contributed by atoms with Crippen LogP contribution in [0, 0.1) is 0 Å². The molecule has 1 heteroatoms. The molecule has 0 aromatic rings. The van der Waals surface area contributed by atoms with Crippen LogP contribution in [0.2, 0.25) is 0 Å². The van der Waals surface area contributed by atoms with Crippen LogP contribution in [-0.2, 0) is 0 Å². The maximum atomic E-state index is 3.89. The first-order valence-electron chi connectivity index (χ1n) is 4.39. The van der Waals surface area contributed by atoms with Crippen molar-refractivity contribution in [1.29, 1.82) is 0 Å². The molecule has 0 spiro atoms. The highest BCUT2D eigenvalue weighted by molar-refractivity contribution is 5.28. The Bertz CT molecular complexity index is 256. The fourth-order valence-electron chi connectivity index (χ4n) is 0.886. The number of hydrogen-bond acceptors (Lipinski definition) is 1. The average Bonchev–Trinajstić information content (AvgIpc) is 2.12. The van der Waals surface area contributed by atoms with Gasteiger partial charge in [0.25, 0.3) is 0 Å². The standard InChI is InChI=1S/C12H19N/c1-7-11(5)9-12(8-2)13(6)10(3)4/h7-9H,1,3H2,2,4-6H3/b11-9-,12-8-. The van der Waals surface area contributed by atoms with Crippen LogP contribution in [0.1, 0.15) is 20.8 Å². The molecule has 0 heterocycles. The SMILES string of the molecule is C=C/C(C)=C\C(=C\C)N(C)C(=C)C. The third kappa shape index (κ3) is 3.79. The zero-order valence-electron chi connectivity index (χ0n) is 9.09. The van der Waals surface area contributed by atoms with Gasteiger partial charge >= 0.3 is 0 Å². The molecule has 13 heavy (non-hydrogen) atoms. The average molecular weight is 177 g/mol. The predicted molar refractivity (Wildman–Crippen MR) is 60.3 cm³/mol. The first-order valence-corrected chi connectivity index (χ1v) is 4.39. The fraction of sp³-hybridized carbons (Fsp3) is 0.333. The van der Waals surface area contributed by atoms with E-state index in [4.69, 9.17) is 0 Å². The molecule has 0 rings (SSSR count). The van der Waals surface area contributed by atoms with Gasteiger partial charge in [0.15, 0.2) is 0 Å². The lowest BCUT2D eigenvalue weighted by Gasteiger charge is -2.20. The van der Waals surface area contributed by atoms with Crippen molar-refractivity contribution >= 4 is 0 Å². The molecular formula is C12H19N. The van der Waals surface area contributed by atoms with E-state index in [2.05, 4.69) is 25.3 Å². The highest BCUT2D eigenvalue weighted by Crippen LogP contribution is 2.11. The summed E-state index contributed by atoms with van der Waals surface area (Å²) in [5, 5.41) is 0. The number of rotatable bonds is 4. The van der Waals surface area contributed by atoms with Crippen LogP contribution in [0.25, 0.3) is 0 Å². The Morgan fingerprint density at radius 3 is 2.15 bits per heavy atom. The lowest BCUT2D eigenvalue weighted by atomic mass is 10.2. The summed E-state index contributed by atoms with van der Waals surface area (Å²) < 4.78 is 0. The molecule has 0 aromatic carbocycles. The van der Waals surface area contributed by atoms with E-state index in [9.17, 15) is 0 Å². The maximum Gasteiger partial charge on any atom is 0.0364 e. The first kappa shape index (κ1) is 11.8. The minimum Gasteiger partial charge on any atom is -0.349 e. The Morgan fingerprint density at radius 1 is 1.31 bits per heavy atom. The van der Waals surface area contributed by atoms with E-state index in [0.29, 0.717) is 0 Å². The molecule has 72 valence electrons. The van der Waals surface area contributed by atoms with Crippen LogP contribution in [-0.4, -0.2) is 11.9 Å². The molecule has 0 amide bonds. The lowest BCUT2D eigenvalue weighted by molar-refractivity contribution is 0.538. The summed E-state index contributed by atoms with van der Waals surface area (Å²) in [7, 11) is 2.00. The van der Waals surface area contributed by atoms with Crippen molar-refractivity contribution in [3.05, 3.63) is 48.4 Å². The van der Waals surface area contributed by atoms with E-state index in [-0.39, 0.29) is 0 Å². The van der Waals surface area contributed by atoms with Crippen molar-refractivity contribution in [2.45, 2.75) is 20.8 Å². The summed E-state index contributed by atoms with van der Waals surface area (Å²) in [6.45, 7) is 13.6. The van der Waals surface area contributed by atoms with Crippen LogP contribution in [0.5, 0.6) is 0 Å². The molecule has 0 aliphatic rings. The van der Waals surface area contributed by atoms with Crippen molar-refractivity contribution in [3.63, 3.8) is 0 Å². The third-order valence-electron chi connectivity index (χ3n) is 1.95. The molecule has 0 saturated carbocycles. The predicted octanol–water partition coefficient (Wildman–Crippen LogP) is 3.49. The zero-order valence-corrected chi connectivity index (χ0v) is 9.09. The number of hydrogen-bond donors (Lipinski definition) is 0. The molecule has 0 bridgehead atoms. The first-order chi connectivity index (χ1) is 6.02. The van der Waals surface area contributed by atoms with Gasteiger partial charge in [0.1, 0.15) is 0 Å². The summed E-state index contributed by atoms with van der Waals surface area (Å²) in [6, 6.07) is 0. The Balaban J connectivity index is 4.74. The minimum atomic E-state index is 1.03. The highest BCUT2D eigenvalue weighted by Gasteiger charge is 1.99. The van der Waals surface area contributed by atoms with E-state index >= 15 is 0 Å². The zero-order chi connectivity index (χ0) is 10.4. The third-order valence-corrected chi connectivity index (χ3v) is 1.95. The van der Waals surface area contributed by atoms with Gasteiger partial charge < -0.3 is 4.90 Å². The Labute approximate surface area is 81.8 Å². The maximum absolute atomic E-state index is 3.89.